The molecule has 5 nitrogen and oxygen atoms in total. The van der Waals surface area contributed by atoms with Crippen LogP contribution < -0.4 is 10.1 Å². The number of hydrogen-bond donors (Lipinski definition) is 1. The third-order valence-electron chi connectivity index (χ3n) is 4.71. The quantitative estimate of drug-likeness (QED) is 0.380. The average molecular weight is 542 g/mol. The molecule has 3 aromatic rings. The number of aliphatic imine (C=N–C) groups is 1. The maximum absolute atomic E-state index is 12.3. The zero-order valence-electron chi connectivity index (χ0n) is 17.5. The average Bonchev–Trinajstić information content (AvgIpc) is 3.13. The van der Waals surface area contributed by atoms with Crippen LogP contribution in [0.4, 0.5) is 0 Å². The number of halogens is 2. The van der Waals surface area contributed by atoms with Crippen molar-refractivity contribution in [1.29, 1.82) is 0 Å². The smallest absolute Gasteiger partial charge is 0.279 e. The number of carbonyl (C=O) groups is 2. The predicted molar refractivity (Wildman–Crippen MR) is 137 cm³/mol. The molecule has 0 unspecified atom stereocenters. The Kier molecular flexibility index (Phi) is 7.33. The largest absolute Gasteiger partial charge is 0.488 e. The number of amides is 2. The van der Waals surface area contributed by atoms with E-state index < -0.39 is 5.91 Å². The topological polar surface area (TPSA) is 67.8 Å². The molecule has 1 saturated heterocycles. The Hall–Kier alpha value is -2.87. The van der Waals surface area contributed by atoms with Crippen LogP contribution in [-0.4, -0.2) is 17.0 Å². The van der Waals surface area contributed by atoms with Gasteiger partial charge in [-0.1, -0.05) is 47.5 Å². The third-order valence-corrected chi connectivity index (χ3v) is 6.50. The van der Waals surface area contributed by atoms with Gasteiger partial charge in [-0.05, 0) is 88.2 Å². The fourth-order valence-electron chi connectivity index (χ4n) is 2.95. The fraction of sp³-hybridized carbons (Fsp3) is 0.0800. The molecule has 4 rings (SSSR count). The first kappa shape index (κ1) is 23.3. The van der Waals surface area contributed by atoms with E-state index >= 15 is 0 Å². The molecule has 1 aliphatic rings. The van der Waals surface area contributed by atoms with E-state index in [2.05, 4.69) is 26.2 Å². The molecule has 1 fully saturated rings. The molecular formula is C25H18BrClN2O3S. The summed E-state index contributed by atoms with van der Waals surface area (Å²) in [5.41, 5.74) is 3.49. The lowest BCUT2D eigenvalue weighted by molar-refractivity contribution is -0.115. The van der Waals surface area contributed by atoms with Crippen LogP contribution in [0.2, 0.25) is 5.02 Å². The number of nitrogens with one attached hydrogen (secondary N) is 1. The zero-order chi connectivity index (χ0) is 23.4. The number of ether oxygens (including phenoxy) is 1. The summed E-state index contributed by atoms with van der Waals surface area (Å²) >= 11 is 10.5. The summed E-state index contributed by atoms with van der Waals surface area (Å²) < 4.78 is 6.68. The van der Waals surface area contributed by atoms with E-state index in [4.69, 9.17) is 16.3 Å². The zero-order valence-corrected chi connectivity index (χ0v) is 20.6. The van der Waals surface area contributed by atoms with Crippen molar-refractivity contribution in [2.24, 2.45) is 4.99 Å². The first-order chi connectivity index (χ1) is 15.9. The fourth-order valence-corrected chi connectivity index (χ4v) is 4.41. The number of carbonyl (C=O) groups excluding carboxylic acids is 2. The van der Waals surface area contributed by atoms with E-state index in [9.17, 15) is 9.59 Å². The molecule has 0 saturated carbocycles. The SMILES string of the molecule is Cc1ccc(COc2ccc(/C=C3\SC(=NC(=O)c4ccc(Cl)cc4)NC3=O)cc2Br)cc1. The van der Waals surface area contributed by atoms with Gasteiger partial charge in [0.2, 0.25) is 0 Å². The normalized spacial score (nSPS) is 15.7. The molecule has 3 aromatic carbocycles. The lowest BCUT2D eigenvalue weighted by Gasteiger charge is -2.09. The van der Waals surface area contributed by atoms with Crippen molar-refractivity contribution in [1.82, 2.24) is 5.32 Å². The summed E-state index contributed by atoms with van der Waals surface area (Å²) in [5.74, 6) is -0.0518. The van der Waals surface area contributed by atoms with Crippen molar-refractivity contribution in [3.05, 3.63) is 103 Å². The van der Waals surface area contributed by atoms with Gasteiger partial charge in [0.05, 0.1) is 9.38 Å². The summed E-state index contributed by atoms with van der Waals surface area (Å²) in [4.78, 5) is 29.1. The molecule has 0 aromatic heterocycles. The van der Waals surface area contributed by atoms with Gasteiger partial charge in [0.15, 0.2) is 5.17 Å². The molecule has 0 atom stereocenters. The monoisotopic (exact) mass is 540 g/mol. The van der Waals surface area contributed by atoms with Gasteiger partial charge in [0, 0.05) is 10.6 Å². The first-order valence-electron chi connectivity index (χ1n) is 9.95. The highest BCUT2D eigenvalue weighted by Crippen LogP contribution is 2.31. The van der Waals surface area contributed by atoms with E-state index in [1.165, 1.54) is 5.56 Å². The van der Waals surface area contributed by atoms with Crippen LogP contribution >= 0.6 is 39.3 Å². The Morgan fingerprint density at radius 3 is 2.55 bits per heavy atom. The van der Waals surface area contributed by atoms with E-state index in [1.54, 1.807) is 30.3 Å². The van der Waals surface area contributed by atoms with Crippen LogP contribution in [0.3, 0.4) is 0 Å². The summed E-state index contributed by atoms with van der Waals surface area (Å²) in [7, 11) is 0. The lowest BCUT2D eigenvalue weighted by Crippen LogP contribution is -2.20. The van der Waals surface area contributed by atoms with Gasteiger partial charge in [-0.3, -0.25) is 9.59 Å². The molecule has 0 radical (unpaired) electrons. The van der Waals surface area contributed by atoms with Crippen LogP contribution in [0.25, 0.3) is 6.08 Å². The Labute approximate surface area is 209 Å². The maximum Gasteiger partial charge on any atom is 0.279 e. The highest BCUT2D eigenvalue weighted by Gasteiger charge is 2.25. The van der Waals surface area contributed by atoms with Gasteiger partial charge in [0.25, 0.3) is 11.8 Å². The number of thioether (sulfide) groups is 1. The van der Waals surface area contributed by atoms with Gasteiger partial charge in [-0.2, -0.15) is 4.99 Å². The number of nitrogens with zero attached hydrogens (tertiary/aromatic N) is 1. The van der Waals surface area contributed by atoms with Crippen LogP contribution in [-0.2, 0) is 11.4 Å². The maximum atomic E-state index is 12.3. The van der Waals surface area contributed by atoms with E-state index in [-0.39, 0.29) is 11.1 Å². The minimum absolute atomic E-state index is 0.239. The van der Waals surface area contributed by atoms with Gasteiger partial charge in [-0.25, -0.2) is 0 Å². The van der Waals surface area contributed by atoms with Crippen molar-refractivity contribution in [2.45, 2.75) is 13.5 Å². The Bertz CT molecular complexity index is 1270. The number of hydrogen-bond acceptors (Lipinski definition) is 4. The minimum atomic E-state index is -0.450. The Morgan fingerprint density at radius 1 is 1.12 bits per heavy atom. The van der Waals surface area contributed by atoms with E-state index in [0.29, 0.717) is 27.8 Å². The van der Waals surface area contributed by atoms with Crippen molar-refractivity contribution >= 4 is 62.4 Å². The van der Waals surface area contributed by atoms with Crippen molar-refractivity contribution in [3.63, 3.8) is 0 Å². The van der Waals surface area contributed by atoms with Crippen molar-refractivity contribution < 1.29 is 14.3 Å². The van der Waals surface area contributed by atoms with E-state index in [0.717, 1.165) is 27.4 Å². The molecule has 166 valence electrons. The molecule has 1 aliphatic heterocycles. The van der Waals surface area contributed by atoms with Gasteiger partial charge in [0.1, 0.15) is 12.4 Å². The highest BCUT2D eigenvalue weighted by atomic mass is 79.9. The van der Waals surface area contributed by atoms with Gasteiger partial charge < -0.3 is 10.1 Å². The summed E-state index contributed by atoms with van der Waals surface area (Å²) in [5, 5.41) is 3.40. The predicted octanol–water partition coefficient (Wildman–Crippen LogP) is 6.39. The number of benzene rings is 3. The van der Waals surface area contributed by atoms with Crippen LogP contribution in [0.5, 0.6) is 5.75 Å². The summed E-state index contributed by atoms with van der Waals surface area (Å²) in [6.45, 7) is 2.50. The molecule has 0 aliphatic carbocycles. The highest BCUT2D eigenvalue weighted by molar-refractivity contribution is 9.10. The van der Waals surface area contributed by atoms with Crippen molar-refractivity contribution in [3.8, 4) is 5.75 Å². The molecule has 0 spiro atoms. The molecular weight excluding hydrogens is 524 g/mol. The molecule has 1 heterocycles. The second-order valence-electron chi connectivity index (χ2n) is 7.26. The molecule has 8 heteroatoms. The molecule has 0 bridgehead atoms. The second kappa shape index (κ2) is 10.4. The summed E-state index contributed by atoms with van der Waals surface area (Å²) in [6.07, 6.45) is 1.74. The molecule has 1 N–H and O–H groups in total. The minimum Gasteiger partial charge on any atom is -0.488 e. The van der Waals surface area contributed by atoms with Gasteiger partial charge in [-0.15, -0.1) is 0 Å². The Morgan fingerprint density at radius 2 is 1.85 bits per heavy atom. The number of aryl methyl sites for hydroxylation is 1. The molecule has 33 heavy (non-hydrogen) atoms. The van der Waals surface area contributed by atoms with E-state index in [1.807, 2.05) is 49.4 Å². The molecule has 2 amide bonds. The Balaban J connectivity index is 1.43. The van der Waals surface area contributed by atoms with Crippen LogP contribution in [0, 0.1) is 6.92 Å². The number of rotatable bonds is 5. The lowest BCUT2D eigenvalue weighted by atomic mass is 10.1. The summed E-state index contributed by atoms with van der Waals surface area (Å²) in [6, 6.07) is 20.2. The second-order valence-corrected chi connectivity index (χ2v) is 9.58. The third kappa shape index (κ3) is 6.13. The van der Waals surface area contributed by atoms with Crippen LogP contribution in [0.15, 0.2) is 81.1 Å². The van der Waals surface area contributed by atoms with Crippen LogP contribution in [0.1, 0.15) is 27.0 Å². The van der Waals surface area contributed by atoms with Gasteiger partial charge >= 0.3 is 0 Å². The number of amidine groups is 1. The van der Waals surface area contributed by atoms with Crippen molar-refractivity contribution in [2.75, 3.05) is 0 Å². The standard InChI is InChI=1S/C25H18BrClN2O3S/c1-15-2-4-16(5-3-15)14-32-21-11-6-17(12-20(21)26)13-22-24(31)29-25(33-22)28-23(30)18-7-9-19(27)10-8-18/h2-13H,14H2,1H3,(H,28,29,30,31)/b22-13-. The first-order valence-corrected chi connectivity index (χ1v) is 11.9.